The Hall–Kier alpha value is -1.16. The molecule has 0 aliphatic heterocycles. The summed E-state index contributed by atoms with van der Waals surface area (Å²) in [6.45, 7) is 0. The van der Waals surface area contributed by atoms with Gasteiger partial charge in [0, 0.05) is 0 Å². The Morgan fingerprint density at radius 3 is 2.60 bits per heavy atom. The summed E-state index contributed by atoms with van der Waals surface area (Å²) < 4.78 is 0. The fourth-order valence-corrected chi connectivity index (χ4v) is 1.18. The molecule has 52 valence electrons. The van der Waals surface area contributed by atoms with Gasteiger partial charge in [-0.15, -0.1) is 11.3 Å². The number of aldehydes is 1. The van der Waals surface area contributed by atoms with Gasteiger partial charge >= 0.3 is 0 Å². The van der Waals surface area contributed by atoms with E-state index in [0.29, 0.717) is 11.2 Å². The lowest BCUT2D eigenvalue weighted by molar-refractivity contribution is -0.254. The lowest BCUT2D eigenvalue weighted by atomic mass is 10.4. The van der Waals surface area contributed by atoms with E-state index < -0.39 is 5.97 Å². The molecule has 10 heavy (non-hydrogen) atoms. The van der Waals surface area contributed by atoms with Crippen molar-refractivity contribution in [2.45, 2.75) is 0 Å². The van der Waals surface area contributed by atoms with Crippen LogP contribution in [0.2, 0.25) is 0 Å². The topological polar surface area (TPSA) is 57.2 Å². The van der Waals surface area contributed by atoms with E-state index >= 15 is 0 Å². The number of carboxylic acid groups (broad SMARTS) is 1. The zero-order valence-electron chi connectivity index (χ0n) is 4.87. The number of aromatic carboxylic acids is 1. The average molecular weight is 155 g/mol. The molecule has 0 aliphatic carbocycles. The highest BCUT2D eigenvalue weighted by Crippen LogP contribution is 2.12. The molecular weight excluding hydrogens is 152 g/mol. The lowest BCUT2D eigenvalue weighted by Gasteiger charge is -1.92. The van der Waals surface area contributed by atoms with Gasteiger partial charge in [0.2, 0.25) is 0 Å². The summed E-state index contributed by atoms with van der Waals surface area (Å²) in [7, 11) is 0. The third kappa shape index (κ3) is 1.22. The number of hydrogen-bond donors (Lipinski definition) is 0. The van der Waals surface area contributed by atoms with E-state index in [-0.39, 0.29) is 4.88 Å². The van der Waals surface area contributed by atoms with Crippen LogP contribution in [-0.2, 0) is 0 Å². The van der Waals surface area contributed by atoms with Crippen LogP contribution in [-0.4, -0.2) is 12.3 Å². The molecule has 1 heterocycles. The van der Waals surface area contributed by atoms with E-state index in [9.17, 15) is 14.7 Å². The first-order chi connectivity index (χ1) is 4.74. The predicted molar refractivity (Wildman–Crippen MR) is 34.0 cm³/mol. The molecule has 0 spiro atoms. The molecule has 0 N–H and O–H groups in total. The largest absolute Gasteiger partial charge is 0.544 e. The molecule has 0 bridgehead atoms. The first kappa shape index (κ1) is 6.95. The van der Waals surface area contributed by atoms with E-state index in [0.717, 1.165) is 11.3 Å². The molecule has 0 aromatic carbocycles. The van der Waals surface area contributed by atoms with Crippen molar-refractivity contribution in [2.75, 3.05) is 0 Å². The molecule has 0 saturated carbocycles. The number of rotatable bonds is 2. The normalized spacial score (nSPS) is 9.20. The van der Waals surface area contributed by atoms with Crippen LogP contribution in [0.25, 0.3) is 0 Å². The van der Waals surface area contributed by atoms with Gasteiger partial charge in [0.25, 0.3) is 0 Å². The Kier molecular flexibility index (Phi) is 1.82. The molecule has 4 heteroatoms. The second-order valence-corrected chi connectivity index (χ2v) is 2.72. The van der Waals surface area contributed by atoms with Crippen molar-refractivity contribution in [3.05, 3.63) is 21.9 Å². The molecule has 0 amide bonds. The van der Waals surface area contributed by atoms with Crippen molar-refractivity contribution < 1.29 is 14.7 Å². The SMILES string of the molecule is O=Cc1ccc(C(=O)[O-])s1. The van der Waals surface area contributed by atoms with Crippen molar-refractivity contribution >= 4 is 23.6 Å². The minimum Gasteiger partial charge on any atom is -0.544 e. The van der Waals surface area contributed by atoms with Crippen molar-refractivity contribution in [3.63, 3.8) is 0 Å². The molecule has 0 atom stereocenters. The Labute approximate surface area is 60.9 Å². The summed E-state index contributed by atoms with van der Waals surface area (Å²) in [5.41, 5.74) is 0. The number of carbonyl (C=O) groups excluding carboxylic acids is 2. The van der Waals surface area contributed by atoms with Crippen LogP contribution in [0.3, 0.4) is 0 Å². The first-order valence-electron chi connectivity index (χ1n) is 2.50. The van der Waals surface area contributed by atoms with Gasteiger partial charge in [-0.05, 0) is 12.1 Å². The summed E-state index contributed by atoms with van der Waals surface area (Å²) in [4.78, 5) is 20.6. The van der Waals surface area contributed by atoms with E-state index in [1.165, 1.54) is 12.1 Å². The molecule has 1 rings (SSSR count). The fourth-order valence-electron chi connectivity index (χ4n) is 0.526. The molecule has 3 nitrogen and oxygen atoms in total. The molecule has 0 unspecified atom stereocenters. The molecular formula is C6H3O3S-. The van der Waals surface area contributed by atoms with Crippen LogP contribution in [0.1, 0.15) is 19.3 Å². The van der Waals surface area contributed by atoms with Crippen molar-refractivity contribution in [1.29, 1.82) is 0 Å². The van der Waals surface area contributed by atoms with Crippen LogP contribution in [0.4, 0.5) is 0 Å². The maximum atomic E-state index is 10.1. The third-order valence-corrected chi connectivity index (χ3v) is 1.93. The number of carboxylic acids is 1. The van der Waals surface area contributed by atoms with Gasteiger partial charge in [-0.3, -0.25) is 4.79 Å². The summed E-state index contributed by atoms with van der Waals surface area (Å²) in [6.07, 6.45) is 0.608. The zero-order chi connectivity index (χ0) is 7.56. The molecule has 0 saturated heterocycles. The van der Waals surface area contributed by atoms with Gasteiger partial charge < -0.3 is 9.90 Å². The van der Waals surface area contributed by atoms with Crippen LogP contribution < -0.4 is 5.11 Å². The number of thiophene rings is 1. The maximum absolute atomic E-state index is 10.1. The van der Waals surface area contributed by atoms with Gasteiger partial charge in [0.15, 0.2) is 6.29 Å². The van der Waals surface area contributed by atoms with Crippen LogP contribution in [0, 0.1) is 0 Å². The van der Waals surface area contributed by atoms with Crippen molar-refractivity contribution in [3.8, 4) is 0 Å². The van der Waals surface area contributed by atoms with Gasteiger partial charge in [-0.25, -0.2) is 0 Å². The standard InChI is InChI=1S/C6H4O3S/c7-3-4-1-2-5(10-4)6(8)9/h1-3H,(H,8,9)/p-1. The van der Waals surface area contributed by atoms with E-state index in [1.54, 1.807) is 0 Å². The Morgan fingerprint density at radius 2 is 2.30 bits per heavy atom. The smallest absolute Gasteiger partial charge is 0.160 e. The van der Waals surface area contributed by atoms with Gasteiger partial charge in [-0.2, -0.15) is 0 Å². The minimum atomic E-state index is -1.24. The molecule has 0 aliphatic rings. The van der Waals surface area contributed by atoms with Crippen molar-refractivity contribution in [2.24, 2.45) is 0 Å². The number of carbonyl (C=O) groups is 2. The van der Waals surface area contributed by atoms with E-state index in [4.69, 9.17) is 0 Å². The van der Waals surface area contributed by atoms with Gasteiger partial charge in [0.1, 0.15) is 0 Å². The third-order valence-electron chi connectivity index (χ3n) is 0.944. The van der Waals surface area contributed by atoms with E-state index in [1.807, 2.05) is 0 Å². The molecule has 0 fully saturated rings. The highest BCUT2D eigenvalue weighted by atomic mass is 32.1. The highest BCUT2D eigenvalue weighted by Gasteiger charge is 1.97. The van der Waals surface area contributed by atoms with Crippen LogP contribution >= 0.6 is 11.3 Å². The first-order valence-corrected chi connectivity index (χ1v) is 3.32. The predicted octanol–water partition coefficient (Wildman–Crippen LogP) is -0.0759. The van der Waals surface area contributed by atoms with Crippen LogP contribution in [0.15, 0.2) is 12.1 Å². The Bertz CT molecular complexity index is 264. The molecule has 1 aromatic heterocycles. The van der Waals surface area contributed by atoms with Gasteiger partial charge in [-0.1, -0.05) is 0 Å². The summed E-state index contributed by atoms with van der Waals surface area (Å²) >= 11 is 0.911. The second kappa shape index (κ2) is 2.62. The number of hydrogen-bond acceptors (Lipinski definition) is 4. The zero-order valence-corrected chi connectivity index (χ0v) is 5.68. The molecule has 1 aromatic rings. The lowest BCUT2D eigenvalue weighted by Crippen LogP contribution is -2.20. The van der Waals surface area contributed by atoms with Gasteiger partial charge in [0.05, 0.1) is 15.7 Å². The van der Waals surface area contributed by atoms with E-state index in [2.05, 4.69) is 0 Å². The quantitative estimate of drug-likeness (QED) is 0.561. The fraction of sp³-hybridized carbons (Fsp3) is 0. The average Bonchev–Trinajstić information content (AvgIpc) is 2.34. The van der Waals surface area contributed by atoms with Crippen molar-refractivity contribution in [1.82, 2.24) is 0 Å². The summed E-state index contributed by atoms with van der Waals surface area (Å²) in [5.74, 6) is -1.24. The Balaban J connectivity index is 2.98. The minimum absolute atomic E-state index is 0.0853. The maximum Gasteiger partial charge on any atom is 0.160 e. The monoisotopic (exact) mass is 155 g/mol. The summed E-state index contributed by atoms with van der Waals surface area (Å²) in [6, 6.07) is 2.80. The Morgan fingerprint density at radius 1 is 1.60 bits per heavy atom. The van der Waals surface area contributed by atoms with Crippen LogP contribution in [0.5, 0.6) is 0 Å². The highest BCUT2D eigenvalue weighted by molar-refractivity contribution is 7.15. The summed E-state index contributed by atoms with van der Waals surface area (Å²) in [5, 5.41) is 10.1. The molecule has 0 radical (unpaired) electrons. The second-order valence-electron chi connectivity index (χ2n) is 1.61.